The van der Waals surface area contributed by atoms with Crippen molar-refractivity contribution in [2.45, 2.75) is 38.4 Å². The predicted molar refractivity (Wildman–Crippen MR) is 83.9 cm³/mol. The predicted octanol–water partition coefficient (Wildman–Crippen LogP) is 5.25. The van der Waals surface area contributed by atoms with Crippen molar-refractivity contribution in [1.29, 1.82) is 0 Å². The van der Waals surface area contributed by atoms with Gasteiger partial charge < -0.3 is 4.90 Å². The molecule has 0 spiro atoms. The smallest absolute Gasteiger partial charge is 0.0467 e. The van der Waals surface area contributed by atoms with Gasteiger partial charge in [-0.05, 0) is 42.4 Å². The van der Waals surface area contributed by atoms with Crippen molar-refractivity contribution in [3.63, 3.8) is 0 Å². The summed E-state index contributed by atoms with van der Waals surface area (Å²) in [5.74, 6) is 0. The van der Waals surface area contributed by atoms with E-state index in [2.05, 4.69) is 52.9 Å². The molecule has 0 radical (unpaired) electrons. The minimum atomic E-state index is 0.480. The van der Waals surface area contributed by atoms with E-state index in [0.717, 1.165) is 29.0 Å². The lowest BCUT2D eigenvalue weighted by atomic mass is 9.85. The van der Waals surface area contributed by atoms with Crippen LogP contribution in [-0.2, 0) is 5.33 Å². The van der Waals surface area contributed by atoms with Crippen molar-refractivity contribution in [2.75, 3.05) is 18.0 Å². The SMILES string of the molecule is CC1(C)CCCN(c2ccc(CBr)c(Cl)c2)CC1. The van der Waals surface area contributed by atoms with Gasteiger partial charge in [-0.15, -0.1) is 0 Å². The van der Waals surface area contributed by atoms with Crippen LogP contribution in [0.2, 0.25) is 5.02 Å². The Hall–Kier alpha value is -0.210. The van der Waals surface area contributed by atoms with Crippen molar-refractivity contribution in [2.24, 2.45) is 5.41 Å². The molecule has 18 heavy (non-hydrogen) atoms. The molecule has 1 saturated heterocycles. The first kappa shape index (κ1) is 14.2. The molecule has 1 fully saturated rings. The topological polar surface area (TPSA) is 3.24 Å². The van der Waals surface area contributed by atoms with Crippen LogP contribution in [0, 0.1) is 5.41 Å². The highest BCUT2D eigenvalue weighted by Crippen LogP contribution is 2.33. The first-order chi connectivity index (χ1) is 8.52. The van der Waals surface area contributed by atoms with Gasteiger partial charge in [0.15, 0.2) is 0 Å². The number of nitrogens with zero attached hydrogens (tertiary/aromatic N) is 1. The van der Waals surface area contributed by atoms with Gasteiger partial charge in [0.1, 0.15) is 0 Å². The molecule has 1 nitrogen and oxygen atoms in total. The molecule has 0 amide bonds. The Morgan fingerprint density at radius 3 is 2.72 bits per heavy atom. The van der Waals surface area contributed by atoms with Crippen molar-refractivity contribution in [1.82, 2.24) is 0 Å². The van der Waals surface area contributed by atoms with E-state index in [1.807, 2.05) is 0 Å². The highest BCUT2D eigenvalue weighted by molar-refractivity contribution is 9.08. The summed E-state index contributed by atoms with van der Waals surface area (Å²) in [7, 11) is 0. The van der Waals surface area contributed by atoms with Crippen LogP contribution in [0.15, 0.2) is 18.2 Å². The summed E-state index contributed by atoms with van der Waals surface area (Å²) in [5.41, 5.74) is 2.91. The lowest BCUT2D eigenvalue weighted by Crippen LogP contribution is -2.24. The number of hydrogen-bond donors (Lipinski definition) is 0. The number of alkyl halides is 1. The normalized spacial score (nSPS) is 19.7. The molecule has 0 aliphatic carbocycles. The zero-order valence-corrected chi connectivity index (χ0v) is 13.5. The molecule has 1 aromatic carbocycles. The van der Waals surface area contributed by atoms with E-state index in [9.17, 15) is 0 Å². The van der Waals surface area contributed by atoms with Gasteiger partial charge in [-0.3, -0.25) is 0 Å². The largest absolute Gasteiger partial charge is 0.371 e. The second kappa shape index (κ2) is 5.83. The van der Waals surface area contributed by atoms with Crippen LogP contribution in [-0.4, -0.2) is 13.1 Å². The zero-order valence-electron chi connectivity index (χ0n) is 11.2. The van der Waals surface area contributed by atoms with E-state index in [0.29, 0.717) is 5.41 Å². The second-order valence-corrected chi connectivity index (χ2v) is 6.88. The second-order valence-electron chi connectivity index (χ2n) is 5.91. The summed E-state index contributed by atoms with van der Waals surface area (Å²) in [6.45, 7) is 7.03. The summed E-state index contributed by atoms with van der Waals surface area (Å²) in [5, 5.41) is 1.69. The fourth-order valence-corrected chi connectivity index (χ4v) is 3.41. The molecule has 1 heterocycles. The maximum atomic E-state index is 6.29. The number of anilines is 1. The van der Waals surface area contributed by atoms with Crippen molar-refractivity contribution in [3.8, 4) is 0 Å². The zero-order chi connectivity index (χ0) is 13.2. The molecule has 100 valence electrons. The first-order valence-corrected chi connectivity index (χ1v) is 8.11. The fourth-order valence-electron chi connectivity index (χ4n) is 2.52. The van der Waals surface area contributed by atoms with Gasteiger partial charge in [0, 0.05) is 29.1 Å². The van der Waals surface area contributed by atoms with Gasteiger partial charge in [-0.25, -0.2) is 0 Å². The Balaban J connectivity index is 2.14. The van der Waals surface area contributed by atoms with Gasteiger partial charge in [0.2, 0.25) is 0 Å². The van der Waals surface area contributed by atoms with Crippen LogP contribution in [0.5, 0.6) is 0 Å². The maximum absolute atomic E-state index is 6.29. The van der Waals surface area contributed by atoms with Crippen molar-refractivity contribution < 1.29 is 0 Å². The van der Waals surface area contributed by atoms with Gasteiger partial charge in [0.25, 0.3) is 0 Å². The summed E-state index contributed by atoms with van der Waals surface area (Å²) in [6, 6.07) is 6.43. The summed E-state index contributed by atoms with van der Waals surface area (Å²) in [6.07, 6.45) is 3.84. The number of hydrogen-bond acceptors (Lipinski definition) is 1. The minimum Gasteiger partial charge on any atom is -0.371 e. The average Bonchev–Trinajstić information content (AvgIpc) is 2.50. The Labute approximate surface area is 124 Å². The van der Waals surface area contributed by atoms with E-state index >= 15 is 0 Å². The molecule has 1 aliphatic heterocycles. The van der Waals surface area contributed by atoms with Crippen LogP contribution < -0.4 is 4.90 Å². The lowest BCUT2D eigenvalue weighted by molar-refractivity contribution is 0.325. The highest BCUT2D eigenvalue weighted by Gasteiger charge is 2.23. The van der Waals surface area contributed by atoms with Gasteiger partial charge in [-0.1, -0.05) is 47.4 Å². The van der Waals surface area contributed by atoms with E-state index in [1.165, 1.54) is 24.9 Å². The van der Waals surface area contributed by atoms with Crippen LogP contribution in [0.25, 0.3) is 0 Å². The minimum absolute atomic E-state index is 0.480. The van der Waals surface area contributed by atoms with Gasteiger partial charge in [0.05, 0.1) is 0 Å². The monoisotopic (exact) mass is 329 g/mol. The average molecular weight is 331 g/mol. The molecule has 0 atom stereocenters. The first-order valence-electron chi connectivity index (χ1n) is 6.61. The molecule has 1 aromatic rings. The lowest BCUT2D eigenvalue weighted by Gasteiger charge is -2.25. The van der Waals surface area contributed by atoms with Crippen LogP contribution in [0.1, 0.15) is 38.7 Å². The molecule has 0 saturated carbocycles. The molecule has 2 rings (SSSR count). The Bertz CT molecular complexity index is 417. The van der Waals surface area contributed by atoms with Gasteiger partial charge >= 0.3 is 0 Å². The molecule has 0 aromatic heterocycles. The van der Waals surface area contributed by atoms with Gasteiger partial charge in [-0.2, -0.15) is 0 Å². The quantitative estimate of drug-likeness (QED) is 0.669. The van der Waals surface area contributed by atoms with E-state index < -0.39 is 0 Å². The standard InChI is InChI=1S/C15H21BrClN/c1-15(2)6-3-8-18(9-7-15)13-5-4-12(11-16)14(17)10-13/h4-5,10H,3,6-9,11H2,1-2H3. The van der Waals surface area contributed by atoms with Crippen LogP contribution >= 0.6 is 27.5 Å². The van der Waals surface area contributed by atoms with Crippen molar-refractivity contribution in [3.05, 3.63) is 28.8 Å². The third kappa shape index (κ3) is 3.42. The van der Waals surface area contributed by atoms with E-state index in [4.69, 9.17) is 11.6 Å². The molecule has 3 heteroatoms. The third-order valence-electron chi connectivity index (χ3n) is 3.89. The molecular weight excluding hydrogens is 310 g/mol. The summed E-state index contributed by atoms with van der Waals surface area (Å²) < 4.78 is 0. The Morgan fingerprint density at radius 2 is 2.06 bits per heavy atom. The number of rotatable bonds is 2. The molecule has 0 bridgehead atoms. The third-order valence-corrected chi connectivity index (χ3v) is 4.84. The fraction of sp³-hybridized carbons (Fsp3) is 0.600. The molecule has 0 N–H and O–H groups in total. The summed E-state index contributed by atoms with van der Waals surface area (Å²) in [4.78, 5) is 2.47. The highest BCUT2D eigenvalue weighted by atomic mass is 79.9. The Kier molecular flexibility index (Phi) is 4.60. The number of benzene rings is 1. The Morgan fingerprint density at radius 1 is 1.28 bits per heavy atom. The molecule has 1 aliphatic rings. The number of halogens is 2. The van der Waals surface area contributed by atoms with Crippen LogP contribution in [0.4, 0.5) is 5.69 Å². The van der Waals surface area contributed by atoms with Crippen molar-refractivity contribution >= 4 is 33.2 Å². The summed E-state index contributed by atoms with van der Waals surface area (Å²) >= 11 is 9.75. The van der Waals surface area contributed by atoms with E-state index in [1.54, 1.807) is 0 Å². The molecule has 0 unspecified atom stereocenters. The maximum Gasteiger partial charge on any atom is 0.0467 e. The molecular formula is C15H21BrClN. The van der Waals surface area contributed by atoms with Crippen LogP contribution in [0.3, 0.4) is 0 Å². The van der Waals surface area contributed by atoms with E-state index in [-0.39, 0.29) is 0 Å².